The third-order valence-corrected chi connectivity index (χ3v) is 7.27. The Morgan fingerprint density at radius 2 is 2.00 bits per heavy atom. The molecule has 1 saturated heterocycles. The van der Waals surface area contributed by atoms with Gasteiger partial charge in [-0.2, -0.15) is 0 Å². The second kappa shape index (κ2) is 9.01. The quantitative estimate of drug-likeness (QED) is 0.731. The van der Waals surface area contributed by atoms with Crippen molar-refractivity contribution >= 4 is 21.6 Å². The number of anilines is 1. The SMILES string of the molecule is CCCCS(=O)(=O)N1CCC(Oc2ccc(NC(=O)C3CCC3)cn2)CC1. The first-order valence-corrected chi connectivity index (χ1v) is 11.5. The number of sulfonamides is 1. The van der Waals surface area contributed by atoms with Crippen LogP contribution in [0, 0.1) is 5.92 Å². The van der Waals surface area contributed by atoms with Crippen LogP contribution in [-0.2, 0) is 14.8 Å². The van der Waals surface area contributed by atoms with Crippen molar-refractivity contribution in [3.05, 3.63) is 18.3 Å². The molecule has 1 saturated carbocycles. The number of unbranched alkanes of at least 4 members (excludes halogenated alkanes) is 1. The summed E-state index contributed by atoms with van der Waals surface area (Å²) in [7, 11) is -3.14. The van der Waals surface area contributed by atoms with Crippen LogP contribution in [0.5, 0.6) is 5.88 Å². The second-order valence-electron chi connectivity index (χ2n) is 7.39. The van der Waals surface area contributed by atoms with Crippen molar-refractivity contribution in [3.63, 3.8) is 0 Å². The molecule has 1 aromatic rings. The number of carbonyl (C=O) groups is 1. The number of hydrogen-bond acceptors (Lipinski definition) is 5. The van der Waals surface area contributed by atoms with Gasteiger partial charge in [-0.15, -0.1) is 0 Å². The third-order valence-electron chi connectivity index (χ3n) is 5.32. The molecule has 3 rings (SSSR count). The van der Waals surface area contributed by atoms with Crippen molar-refractivity contribution in [2.45, 2.75) is 58.0 Å². The zero-order valence-electron chi connectivity index (χ0n) is 15.9. The lowest BCUT2D eigenvalue weighted by molar-refractivity contribution is -0.122. The highest BCUT2D eigenvalue weighted by molar-refractivity contribution is 7.89. The molecule has 27 heavy (non-hydrogen) atoms. The summed E-state index contributed by atoms with van der Waals surface area (Å²) in [6.45, 7) is 2.98. The number of nitrogens with one attached hydrogen (secondary N) is 1. The Morgan fingerprint density at radius 3 is 2.56 bits per heavy atom. The first-order valence-electron chi connectivity index (χ1n) is 9.89. The van der Waals surface area contributed by atoms with E-state index in [2.05, 4.69) is 10.3 Å². The van der Waals surface area contributed by atoms with Gasteiger partial charge in [0.25, 0.3) is 0 Å². The number of rotatable bonds is 8. The van der Waals surface area contributed by atoms with E-state index in [1.165, 1.54) is 0 Å². The van der Waals surface area contributed by atoms with Crippen molar-refractivity contribution in [1.29, 1.82) is 0 Å². The highest BCUT2D eigenvalue weighted by atomic mass is 32.2. The van der Waals surface area contributed by atoms with Crippen LogP contribution in [0.1, 0.15) is 51.9 Å². The van der Waals surface area contributed by atoms with Gasteiger partial charge in [0.1, 0.15) is 6.10 Å². The lowest BCUT2D eigenvalue weighted by Crippen LogP contribution is -2.42. The van der Waals surface area contributed by atoms with Crippen LogP contribution in [0.3, 0.4) is 0 Å². The van der Waals surface area contributed by atoms with E-state index in [0.717, 1.165) is 25.7 Å². The molecule has 0 aromatic carbocycles. The zero-order chi connectivity index (χ0) is 19.3. The number of amides is 1. The van der Waals surface area contributed by atoms with Crippen LogP contribution in [0.4, 0.5) is 5.69 Å². The van der Waals surface area contributed by atoms with Crippen LogP contribution in [0.15, 0.2) is 18.3 Å². The predicted molar refractivity (Wildman–Crippen MR) is 104 cm³/mol. The molecule has 1 aliphatic carbocycles. The Bertz CT molecular complexity index is 724. The van der Waals surface area contributed by atoms with Crippen LogP contribution >= 0.6 is 0 Å². The number of pyridine rings is 1. The summed E-state index contributed by atoms with van der Waals surface area (Å²) >= 11 is 0. The van der Waals surface area contributed by atoms with Crippen LogP contribution in [0.2, 0.25) is 0 Å². The van der Waals surface area contributed by atoms with Gasteiger partial charge in [0, 0.05) is 25.1 Å². The molecule has 1 aromatic heterocycles. The summed E-state index contributed by atoms with van der Waals surface area (Å²) in [5, 5.41) is 2.88. The molecule has 0 bridgehead atoms. The molecule has 1 N–H and O–H groups in total. The number of carbonyl (C=O) groups excluding carboxylic acids is 1. The van der Waals surface area contributed by atoms with E-state index in [9.17, 15) is 13.2 Å². The Hall–Kier alpha value is -1.67. The van der Waals surface area contributed by atoms with Gasteiger partial charge in [-0.05, 0) is 38.2 Å². The average Bonchev–Trinajstić information content (AvgIpc) is 2.61. The molecule has 2 fully saturated rings. The molecular formula is C19H29N3O4S. The van der Waals surface area contributed by atoms with Gasteiger partial charge in [-0.3, -0.25) is 4.79 Å². The van der Waals surface area contributed by atoms with Crippen molar-refractivity contribution in [1.82, 2.24) is 9.29 Å². The Kier molecular flexibility index (Phi) is 6.70. The second-order valence-corrected chi connectivity index (χ2v) is 9.48. The summed E-state index contributed by atoms with van der Waals surface area (Å²) in [5.41, 5.74) is 0.677. The summed E-state index contributed by atoms with van der Waals surface area (Å²) < 4.78 is 32.0. The fourth-order valence-corrected chi connectivity index (χ4v) is 4.97. The van der Waals surface area contributed by atoms with E-state index >= 15 is 0 Å². The molecule has 150 valence electrons. The summed E-state index contributed by atoms with van der Waals surface area (Å²) in [4.78, 5) is 16.2. The largest absolute Gasteiger partial charge is 0.474 e. The normalized spacial score (nSPS) is 19.4. The Balaban J connectivity index is 1.45. The highest BCUT2D eigenvalue weighted by Crippen LogP contribution is 2.28. The summed E-state index contributed by atoms with van der Waals surface area (Å²) in [6.07, 6.45) is 7.53. The maximum Gasteiger partial charge on any atom is 0.227 e. The zero-order valence-corrected chi connectivity index (χ0v) is 16.7. The first-order chi connectivity index (χ1) is 13.0. The van der Waals surface area contributed by atoms with E-state index in [0.29, 0.717) is 43.9 Å². The molecule has 1 aliphatic heterocycles. The van der Waals surface area contributed by atoms with Crippen LogP contribution in [0.25, 0.3) is 0 Å². The van der Waals surface area contributed by atoms with E-state index < -0.39 is 10.0 Å². The van der Waals surface area contributed by atoms with Gasteiger partial charge in [0.15, 0.2) is 0 Å². The molecule has 0 atom stereocenters. The molecule has 8 heteroatoms. The van der Waals surface area contributed by atoms with Crippen LogP contribution in [-0.4, -0.2) is 48.6 Å². The molecule has 0 unspecified atom stereocenters. The highest BCUT2D eigenvalue weighted by Gasteiger charge is 2.28. The van der Waals surface area contributed by atoms with Crippen LogP contribution < -0.4 is 10.1 Å². The predicted octanol–water partition coefficient (Wildman–Crippen LogP) is 2.79. The fourth-order valence-electron chi connectivity index (χ4n) is 3.29. The van der Waals surface area contributed by atoms with Crippen molar-refractivity contribution in [2.75, 3.05) is 24.2 Å². The average molecular weight is 396 g/mol. The van der Waals surface area contributed by atoms with Gasteiger partial charge >= 0.3 is 0 Å². The lowest BCUT2D eigenvalue weighted by atomic mass is 9.85. The lowest BCUT2D eigenvalue weighted by Gasteiger charge is -2.31. The Labute approximate surface area is 161 Å². The standard InChI is InChI=1S/C19H29N3O4S/c1-2-3-13-27(24,25)22-11-9-17(10-12-22)26-18-8-7-16(14-20-18)21-19(23)15-5-4-6-15/h7-8,14-15,17H,2-6,9-13H2,1H3,(H,21,23). The van der Waals surface area contributed by atoms with Gasteiger partial charge in [0.2, 0.25) is 21.8 Å². The van der Waals surface area contributed by atoms with E-state index in [1.54, 1.807) is 22.6 Å². The maximum absolute atomic E-state index is 12.2. The minimum Gasteiger partial charge on any atom is -0.474 e. The minimum absolute atomic E-state index is 0.0365. The van der Waals surface area contributed by atoms with Gasteiger partial charge in [-0.1, -0.05) is 19.8 Å². The summed E-state index contributed by atoms with van der Waals surface area (Å²) in [5.74, 6) is 0.932. The Morgan fingerprint density at radius 1 is 1.26 bits per heavy atom. The minimum atomic E-state index is -3.14. The molecular weight excluding hydrogens is 366 g/mol. The number of nitrogens with zero attached hydrogens (tertiary/aromatic N) is 2. The molecule has 0 spiro atoms. The smallest absolute Gasteiger partial charge is 0.227 e. The monoisotopic (exact) mass is 395 g/mol. The van der Waals surface area contributed by atoms with Crippen molar-refractivity contribution in [3.8, 4) is 5.88 Å². The van der Waals surface area contributed by atoms with E-state index in [4.69, 9.17) is 4.74 Å². The number of aromatic nitrogens is 1. The fraction of sp³-hybridized carbons (Fsp3) is 0.684. The van der Waals surface area contributed by atoms with E-state index in [-0.39, 0.29) is 23.7 Å². The number of hydrogen-bond donors (Lipinski definition) is 1. The van der Waals surface area contributed by atoms with Gasteiger partial charge < -0.3 is 10.1 Å². The molecule has 2 heterocycles. The molecule has 0 radical (unpaired) electrons. The topological polar surface area (TPSA) is 88.6 Å². The van der Waals surface area contributed by atoms with Crippen molar-refractivity contribution < 1.29 is 17.9 Å². The number of ether oxygens (including phenoxy) is 1. The van der Waals surface area contributed by atoms with Crippen molar-refractivity contribution in [2.24, 2.45) is 5.92 Å². The molecule has 1 amide bonds. The third kappa shape index (κ3) is 5.42. The van der Waals surface area contributed by atoms with Gasteiger partial charge in [-0.25, -0.2) is 17.7 Å². The molecule has 7 nitrogen and oxygen atoms in total. The number of piperidine rings is 1. The van der Waals surface area contributed by atoms with E-state index in [1.807, 2.05) is 6.92 Å². The maximum atomic E-state index is 12.2. The first kappa shape index (κ1) is 20.1. The summed E-state index contributed by atoms with van der Waals surface area (Å²) in [6, 6.07) is 3.55. The van der Waals surface area contributed by atoms with Gasteiger partial charge in [0.05, 0.1) is 17.6 Å². The molecule has 2 aliphatic rings.